The fraction of sp³-hybridized carbons (Fsp3) is 0.308. The predicted octanol–water partition coefficient (Wildman–Crippen LogP) is 3.48. The van der Waals surface area contributed by atoms with Gasteiger partial charge in [-0.15, -0.1) is 0 Å². The molecule has 0 saturated heterocycles. The Morgan fingerprint density at radius 3 is 3.06 bits per heavy atom. The molecule has 1 aromatic carbocycles. The van der Waals surface area contributed by atoms with Crippen molar-refractivity contribution < 1.29 is 0 Å². The van der Waals surface area contributed by atoms with Crippen LogP contribution in [0.3, 0.4) is 0 Å². The summed E-state index contributed by atoms with van der Waals surface area (Å²) in [5, 5.41) is 4.23. The van der Waals surface area contributed by atoms with Crippen molar-refractivity contribution in [1.29, 1.82) is 0 Å². The molecule has 18 heavy (non-hydrogen) atoms. The summed E-state index contributed by atoms with van der Waals surface area (Å²) >= 11 is 9.51. The molecule has 0 bridgehead atoms. The van der Waals surface area contributed by atoms with E-state index in [4.69, 9.17) is 11.6 Å². The van der Waals surface area contributed by atoms with Crippen LogP contribution in [0.2, 0.25) is 5.02 Å². The van der Waals surface area contributed by atoms with Crippen LogP contribution < -0.4 is 5.32 Å². The van der Waals surface area contributed by atoms with Gasteiger partial charge in [0.15, 0.2) is 0 Å². The molecular weight excluding hydrogens is 314 g/mol. The summed E-state index contributed by atoms with van der Waals surface area (Å²) < 4.78 is 3.14. The predicted molar refractivity (Wildman–Crippen MR) is 77.7 cm³/mol. The van der Waals surface area contributed by atoms with E-state index >= 15 is 0 Å². The summed E-state index contributed by atoms with van der Waals surface area (Å²) in [6, 6.07) is 6.19. The monoisotopic (exact) mass is 327 g/mol. The second-order valence-electron chi connectivity index (χ2n) is 4.28. The number of hydrogen-bond acceptors (Lipinski definition) is 2. The van der Waals surface area contributed by atoms with Crippen LogP contribution in [0.15, 0.2) is 41.4 Å². The molecule has 0 spiro atoms. The van der Waals surface area contributed by atoms with Gasteiger partial charge >= 0.3 is 0 Å². The Kier molecular flexibility index (Phi) is 4.80. The zero-order chi connectivity index (χ0) is 13.0. The summed E-state index contributed by atoms with van der Waals surface area (Å²) in [4.78, 5) is 4.03. The van der Waals surface area contributed by atoms with Gasteiger partial charge in [0, 0.05) is 41.0 Å². The van der Waals surface area contributed by atoms with E-state index in [0.717, 1.165) is 22.6 Å². The van der Waals surface area contributed by atoms with Crippen molar-refractivity contribution in [2.45, 2.75) is 26.1 Å². The molecule has 3 nitrogen and oxygen atoms in total. The van der Waals surface area contributed by atoms with E-state index in [1.165, 1.54) is 5.56 Å². The maximum atomic E-state index is 5.99. The zero-order valence-corrected chi connectivity index (χ0v) is 12.4. The van der Waals surface area contributed by atoms with Crippen LogP contribution in [0, 0.1) is 0 Å². The Morgan fingerprint density at radius 2 is 2.33 bits per heavy atom. The maximum Gasteiger partial charge on any atom is 0.0946 e. The summed E-state index contributed by atoms with van der Waals surface area (Å²) in [5.41, 5.74) is 1.17. The van der Waals surface area contributed by atoms with E-state index in [1.54, 1.807) is 6.20 Å². The lowest BCUT2D eigenvalue weighted by Crippen LogP contribution is -2.29. The van der Waals surface area contributed by atoms with E-state index < -0.39 is 0 Å². The summed E-state index contributed by atoms with van der Waals surface area (Å²) in [7, 11) is 0. The highest BCUT2D eigenvalue weighted by Crippen LogP contribution is 2.21. The average molecular weight is 329 g/mol. The molecule has 2 aromatic rings. The van der Waals surface area contributed by atoms with Crippen molar-refractivity contribution in [2.24, 2.45) is 0 Å². The quantitative estimate of drug-likeness (QED) is 0.910. The number of imidazole rings is 1. The first-order valence-electron chi connectivity index (χ1n) is 5.78. The Bertz CT molecular complexity index is 499. The van der Waals surface area contributed by atoms with Gasteiger partial charge in [-0.05, 0) is 30.7 Å². The molecule has 0 radical (unpaired) electrons. The van der Waals surface area contributed by atoms with Crippen LogP contribution in [-0.2, 0) is 13.1 Å². The van der Waals surface area contributed by atoms with E-state index in [0.29, 0.717) is 6.04 Å². The molecular formula is C13H15BrClN3. The van der Waals surface area contributed by atoms with E-state index in [1.807, 2.05) is 30.7 Å². The Balaban J connectivity index is 1.89. The molecule has 5 heteroatoms. The topological polar surface area (TPSA) is 29.9 Å². The number of nitrogens with zero attached hydrogens (tertiary/aromatic N) is 2. The molecule has 1 atom stereocenters. The van der Waals surface area contributed by atoms with Gasteiger partial charge in [-0.3, -0.25) is 0 Å². The highest BCUT2D eigenvalue weighted by Gasteiger charge is 2.05. The van der Waals surface area contributed by atoms with Crippen molar-refractivity contribution in [1.82, 2.24) is 14.9 Å². The molecule has 0 aliphatic rings. The molecule has 0 amide bonds. The first-order valence-corrected chi connectivity index (χ1v) is 6.95. The summed E-state index contributed by atoms with van der Waals surface area (Å²) in [5.74, 6) is 0. The van der Waals surface area contributed by atoms with Gasteiger partial charge in [-0.25, -0.2) is 4.98 Å². The van der Waals surface area contributed by atoms with Crippen molar-refractivity contribution >= 4 is 27.5 Å². The van der Waals surface area contributed by atoms with Gasteiger partial charge in [0.1, 0.15) is 0 Å². The fourth-order valence-electron chi connectivity index (χ4n) is 1.74. The van der Waals surface area contributed by atoms with Crippen LogP contribution >= 0.6 is 27.5 Å². The summed E-state index contributed by atoms with van der Waals surface area (Å²) in [6.45, 7) is 3.84. The number of rotatable bonds is 5. The molecule has 2 rings (SSSR count). The van der Waals surface area contributed by atoms with Gasteiger partial charge in [0.25, 0.3) is 0 Å². The third-order valence-corrected chi connectivity index (χ3v) is 3.70. The van der Waals surface area contributed by atoms with Crippen LogP contribution in [0.25, 0.3) is 0 Å². The number of hydrogen-bond donors (Lipinski definition) is 1. The minimum atomic E-state index is 0.366. The molecule has 1 N–H and O–H groups in total. The van der Waals surface area contributed by atoms with Gasteiger partial charge in [0.05, 0.1) is 6.33 Å². The van der Waals surface area contributed by atoms with Gasteiger partial charge < -0.3 is 9.88 Å². The van der Waals surface area contributed by atoms with Gasteiger partial charge in [0.2, 0.25) is 0 Å². The standard InChI is InChI=1S/C13H15BrClN3/c1-10(8-18-5-4-16-9-18)17-7-11-6-12(15)2-3-13(11)14/h2-6,9-10,17H,7-8H2,1H3. The number of aromatic nitrogens is 2. The van der Waals surface area contributed by atoms with E-state index in [9.17, 15) is 0 Å². The second-order valence-corrected chi connectivity index (χ2v) is 5.57. The number of nitrogens with one attached hydrogen (secondary N) is 1. The van der Waals surface area contributed by atoms with Crippen LogP contribution in [0.5, 0.6) is 0 Å². The lowest BCUT2D eigenvalue weighted by atomic mass is 10.2. The largest absolute Gasteiger partial charge is 0.336 e. The van der Waals surface area contributed by atoms with Crippen molar-refractivity contribution in [2.75, 3.05) is 0 Å². The average Bonchev–Trinajstić information content (AvgIpc) is 2.83. The first-order chi connectivity index (χ1) is 8.65. The molecule has 1 unspecified atom stereocenters. The number of halogens is 2. The summed E-state index contributed by atoms with van der Waals surface area (Å²) in [6.07, 6.45) is 5.58. The van der Waals surface area contributed by atoms with Crippen LogP contribution in [0.4, 0.5) is 0 Å². The normalized spacial score (nSPS) is 12.6. The minimum absolute atomic E-state index is 0.366. The van der Waals surface area contributed by atoms with Crippen LogP contribution in [0.1, 0.15) is 12.5 Å². The first kappa shape index (κ1) is 13.6. The second kappa shape index (κ2) is 6.36. The molecule has 0 aliphatic carbocycles. The Hall–Kier alpha value is -0.840. The van der Waals surface area contributed by atoms with Crippen molar-refractivity contribution in [3.8, 4) is 0 Å². The van der Waals surface area contributed by atoms with E-state index in [2.05, 4.69) is 37.7 Å². The van der Waals surface area contributed by atoms with Crippen molar-refractivity contribution in [3.05, 3.63) is 52.0 Å². The molecule has 0 saturated carbocycles. The molecule has 1 aromatic heterocycles. The molecule has 0 fully saturated rings. The zero-order valence-electron chi connectivity index (χ0n) is 10.1. The molecule has 0 aliphatic heterocycles. The van der Waals surface area contributed by atoms with Gasteiger partial charge in [-0.1, -0.05) is 27.5 Å². The van der Waals surface area contributed by atoms with E-state index in [-0.39, 0.29) is 0 Å². The minimum Gasteiger partial charge on any atom is -0.336 e. The third kappa shape index (κ3) is 3.83. The highest BCUT2D eigenvalue weighted by molar-refractivity contribution is 9.10. The lowest BCUT2D eigenvalue weighted by Gasteiger charge is -2.15. The lowest BCUT2D eigenvalue weighted by molar-refractivity contribution is 0.475. The SMILES string of the molecule is CC(Cn1ccnc1)NCc1cc(Cl)ccc1Br. The van der Waals surface area contributed by atoms with Gasteiger partial charge in [-0.2, -0.15) is 0 Å². The molecule has 1 heterocycles. The Labute approximate surface area is 120 Å². The van der Waals surface area contributed by atoms with Crippen molar-refractivity contribution in [3.63, 3.8) is 0 Å². The highest BCUT2D eigenvalue weighted by atomic mass is 79.9. The maximum absolute atomic E-state index is 5.99. The molecule has 96 valence electrons. The smallest absolute Gasteiger partial charge is 0.0946 e. The fourth-order valence-corrected chi connectivity index (χ4v) is 2.32. The van der Waals surface area contributed by atoms with Crippen LogP contribution in [-0.4, -0.2) is 15.6 Å². The third-order valence-electron chi connectivity index (χ3n) is 2.69. The Morgan fingerprint density at radius 1 is 1.50 bits per heavy atom. The number of benzene rings is 1.